The largest absolute Gasteiger partial charge is 0.487 e. The average Bonchev–Trinajstić information content (AvgIpc) is 2.93. The molecule has 1 aromatic heterocycles. The molecule has 1 saturated heterocycles. The first kappa shape index (κ1) is 11.4. The summed E-state index contributed by atoms with van der Waals surface area (Å²) in [5.41, 5.74) is 2.27. The van der Waals surface area contributed by atoms with Gasteiger partial charge in [-0.25, -0.2) is 4.98 Å². The van der Waals surface area contributed by atoms with E-state index in [1.807, 2.05) is 12.1 Å². The zero-order valence-corrected chi connectivity index (χ0v) is 11.5. The lowest BCUT2D eigenvalue weighted by Gasteiger charge is -2.21. The molecule has 0 saturated carbocycles. The van der Waals surface area contributed by atoms with Gasteiger partial charge in [-0.2, -0.15) is 0 Å². The Morgan fingerprint density at radius 3 is 3.11 bits per heavy atom. The van der Waals surface area contributed by atoms with Crippen LogP contribution in [-0.4, -0.2) is 11.5 Å². The Bertz CT molecular complexity index is 602. The molecule has 1 N–H and O–H groups in total. The van der Waals surface area contributed by atoms with Gasteiger partial charge in [-0.3, -0.25) is 0 Å². The van der Waals surface area contributed by atoms with Crippen molar-refractivity contribution in [3.63, 3.8) is 0 Å². The van der Waals surface area contributed by atoms with Gasteiger partial charge in [0.1, 0.15) is 17.4 Å². The van der Waals surface area contributed by atoms with Crippen LogP contribution in [0, 0.1) is 0 Å². The predicted molar refractivity (Wildman–Crippen MR) is 76.5 cm³/mol. The fourth-order valence-electron chi connectivity index (χ4n) is 2.82. The molecule has 0 aliphatic carbocycles. The molecule has 2 aliphatic rings. The Hall–Kier alpha value is -1.39. The van der Waals surface area contributed by atoms with Gasteiger partial charge in [0.25, 0.3) is 0 Å². The van der Waals surface area contributed by atoms with Crippen LogP contribution in [0.1, 0.15) is 35.2 Å². The summed E-state index contributed by atoms with van der Waals surface area (Å²) in [5.74, 6) is 0.962. The van der Waals surface area contributed by atoms with Crippen LogP contribution in [-0.2, 0) is 6.61 Å². The molecule has 2 aromatic rings. The molecule has 3 nitrogen and oxygen atoms in total. The van der Waals surface area contributed by atoms with Crippen LogP contribution in [0.3, 0.4) is 0 Å². The van der Waals surface area contributed by atoms with E-state index in [9.17, 15) is 0 Å². The quantitative estimate of drug-likeness (QED) is 0.862. The number of rotatable bonds is 1. The highest BCUT2D eigenvalue weighted by Crippen LogP contribution is 2.41. The van der Waals surface area contributed by atoms with Gasteiger partial charge in [0.05, 0.1) is 16.6 Å². The zero-order chi connectivity index (χ0) is 12.7. The summed E-state index contributed by atoms with van der Waals surface area (Å²) in [6.45, 7) is 1.78. The van der Waals surface area contributed by atoms with Crippen molar-refractivity contribution in [1.29, 1.82) is 0 Å². The Labute approximate surface area is 116 Å². The second-order valence-electron chi connectivity index (χ2n) is 5.11. The number of benzene rings is 1. The maximum Gasteiger partial charge on any atom is 0.129 e. The van der Waals surface area contributed by atoms with E-state index < -0.39 is 0 Å². The van der Waals surface area contributed by atoms with Gasteiger partial charge in [0.2, 0.25) is 0 Å². The highest BCUT2D eigenvalue weighted by atomic mass is 32.1. The SMILES string of the molecule is c1ccc2c(c1)OCc1sc(C3CCCCN3)nc1-2. The Morgan fingerprint density at radius 1 is 1.26 bits per heavy atom. The summed E-state index contributed by atoms with van der Waals surface area (Å²) in [4.78, 5) is 6.16. The fraction of sp³-hybridized carbons (Fsp3) is 0.400. The van der Waals surface area contributed by atoms with Crippen molar-refractivity contribution in [3.05, 3.63) is 34.2 Å². The normalized spacial score (nSPS) is 21.4. The number of aromatic nitrogens is 1. The van der Waals surface area contributed by atoms with Crippen LogP contribution in [0.5, 0.6) is 5.75 Å². The van der Waals surface area contributed by atoms with Crippen molar-refractivity contribution in [2.75, 3.05) is 6.54 Å². The van der Waals surface area contributed by atoms with Gasteiger partial charge in [0.15, 0.2) is 0 Å². The smallest absolute Gasteiger partial charge is 0.129 e. The van der Waals surface area contributed by atoms with Gasteiger partial charge in [-0.15, -0.1) is 11.3 Å². The van der Waals surface area contributed by atoms with Crippen LogP contribution >= 0.6 is 11.3 Å². The topological polar surface area (TPSA) is 34.1 Å². The van der Waals surface area contributed by atoms with E-state index in [0.717, 1.165) is 23.6 Å². The van der Waals surface area contributed by atoms with Crippen LogP contribution < -0.4 is 10.1 Å². The second-order valence-corrected chi connectivity index (χ2v) is 6.23. The molecule has 0 spiro atoms. The molecule has 1 fully saturated rings. The molecule has 19 heavy (non-hydrogen) atoms. The minimum Gasteiger partial charge on any atom is -0.487 e. The van der Waals surface area contributed by atoms with Crippen LogP contribution in [0.15, 0.2) is 24.3 Å². The molecule has 1 atom stereocenters. The zero-order valence-electron chi connectivity index (χ0n) is 10.7. The minimum atomic E-state index is 0.441. The summed E-state index contributed by atoms with van der Waals surface area (Å²) >= 11 is 1.81. The van der Waals surface area contributed by atoms with Crippen molar-refractivity contribution in [2.45, 2.75) is 31.9 Å². The number of para-hydroxylation sites is 1. The molecule has 98 valence electrons. The third-order valence-electron chi connectivity index (χ3n) is 3.82. The maximum atomic E-state index is 5.80. The number of hydrogen-bond acceptors (Lipinski definition) is 4. The highest BCUT2D eigenvalue weighted by Gasteiger charge is 2.25. The van der Waals surface area contributed by atoms with Crippen LogP contribution in [0.4, 0.5) is 0 Å². The van der Waals surface area contributed by atoms with Gasteiger partial charge < -0.3 is 10.1 Å². The van der Waals surface area contributed by atoms with Crippen molar-refractivity contribution in [2.24, 2.45) is 0 Å². The maximum absolute atomic E-state index is 5.80. The van der Waals surface area contributed by atoms with Gasteiger partial charge in [-0.1, -0.05) is 18.6 Å². The number of nitrogens with zero attached hydrogens (tertiary/aromatic N) is 1. The number of ether oxygens (including phenoxy) is 1. The highest BCUT2D eigenvalue weighted by molar-refractivity contribution is 7.12. The first-order chi connectivity index (χ1) is 9.42. The van der Waals surface area contributed by atoms with E-state index in [1.165, 1.54) is 29.1 Å². The molecule has 3 heterocycles. The summed E-state index contributed by atoms with van der Waals surface area (Å²) in [6.07, 6.45) is 3.79. The van der Waals surface area contributed by atoms with E-state index >= 15 is 0 Å². The lowest BCUT2D eigenvalue weighted by atomic mass is 10.1. The summed E-state index contributed by atoms with van der Waals surface area (Å²) < 4.78 is 5.80. The average molecular weight is 272 g/mol. The summed E-state index contributed by atoms with van der Waals surface area (Å²) in [7, 11) is 0. The standard InChI is InChI=1S/C15H16N2OS/c1-2-7-12-10(5-1)14-13(9-18-12)19-15(17-14)11-6-3-4-8-16-11/h1-2,5,7,11,16H,3-4,6,8-9H2. The van der Waals surface area contributed by atoms with Gasteiger partial charge in [-0.05, 0) is 31.5 Å². The minimum absolute atomic E-state index is 0.441. The molecule has 4 rings (SSSR count). The van der Waals surface area contributed by atoms with Crippen LogP contribution in [0.25, 0.3) is 11.3 Å². The van der Waals surface area contributed by atoms with Gasteiger partial charge in [0, 0.05) is 5.56 Å². The molecule has 1 aromatic carbocycles. The molecule has 1 unspecified atom stereocenters. The van der Waals surface area contributed by atoms with Crippen molar-refractivity contribution in [1.82, 2.24) is 10.3 Å². The monoisotopic (exact) mass is 272 g/mol. The first-order valence-electron chi connectivity index (χ1n) is 6.87. The number of piperidine rings is 1. The van der Waals surface area contributed by atoms with E-state index in [2.05, 4.69) is 17.4 Å². The van der Waals surface area contributed by atoms with E-state index in [-0.39, 0.29) is 0 Å². The molecular weight excluding hydrogens is 256 g/mol. The Morgan fingerprint density at radius 2 is 2.21 bits per heavy atom. The molecule has 4 heteroatoms. The van der Waals surface area contributed by atoms with E-state index in [0.29, 0.717) is 12.6 Å². The Kier molecular flexibility index (Phi) is 2.78. The number of hydrogen-bond donors (Lipinski definition) is 1. The van der Waals surface area contributed by atoms with Crippen molar-refractivity contribution < 1.29 is 4.74 Å². The first-order valence-corrected chi connectivity index (χ1v) is 7.68. The van der Waals surface area contributed by atoms with E-state index in [1.54, 1.807) is 11.3 Å². The Balaban J connectivity index is 1.74. The molecule has 0 amide bonds. The molecule has 0 radical (unpaired) electrons. The van der Waals surface area contributed by atoms with Crippen molar-refractivity contribution >= 4 is 11.3 Å². The third-order valence-corrected chi connectivity index (χ3v) is 4.97. The number of fused-ring (bicyclic) bond motifs is 3. The second kappa shape index (κ2) is 4.62. The lowest BCUT2D eigenvalue weighted by Crippen LogP contribution is -2.26. The number of nitrogens with one attached hydrogen (secondary N) is 1. The molecular formula is C15H16N2OS. The van der Waals surface area contributed by atoms with Crippen LogP contribution in [0.2, 0.25) is 0 Å². The number of thiazole rings is 1. The van der Waals surface area contributed by atoms with Gasteiger partial charge >= 0.3 is 0 Å². The molecule has 2 aliphatic heterocycles. The fourth-order valence-corrected chi connectivity index (χ4v) is 3.92. The predicted octanol–water partition coefficient (Wildman–Crippen LogP) is 3.52. The molecule has 0 bridgehead atoms. The summed E-state index contributed by atoms with van der Waals surface area (Å²) in [6, 6.07) is 8.63. The third kappa shape index (κ3) is 1.95. The summed E-state index contributed by atoms with van der Waals surface area (Å²) in [5, 5.41) is 4.80. The van der Waals surface area contributed by atoms with E-state index in [4.69, 9.17) is 9.72 Å². The van der Waals surface area contributed by atoms with Crippen molar-refractivity contribution in [3.8, 4) is 17.0 Å². The lowest BCUT2D eigenvalue weighted by molar-refractivity contribution is 0.305.